The highest BCUT2D eigenvalue weighted by Gasteiger charge is 2.10. The van der Waals surface area contributed by atoms with Gasteiger partial charge in [-0.15, -0.1) is 0 Å². The van der Waals surface area contributed by atoms with Crippen molar-refractivity contribution >= 4 is 17.7 Å². The van der Waals surface area contributed by atoms with Crippen molar-refractivity contribution in [1.29, 1.82) is 0 Å². The van der Waals surface area contributed by atoms with Crippen LogP contribution in [0.3, 0.4) is 0 Å². The average Bonchev–Trinajstić information content (AvgIpc) is 2.79. The van der Waals surface area contributed by atoms with Crippen LogP contribution in [0, 0.1) is 0 Å². The molecule has 0 bridgehead atoms. The average molecular weight is 435 g/mol. The van der Waals surface area contributed by atoms with Gasteiger partial charge in [0.15, 0.2) is 0 Å². The van der Waals surface area contributed by atoms with Crippen LogP contribution in [0.15, 0.2) is 65.5 Å². The third kappa shape index (κ3) is 6.02. The normalized spacial score (nSPS) is 10.4. The molecule has 0 atom stereocenters. The van der Waals surface area contributed by atoms with E-state index in [9.17, 15) is 14.4 Å². The molecular formula is C23H25N5O4. The minimum Gasteiger partial charge on any atom is -0.450 e. The van der Waals surface area contributed by atoms with E-state index in [1.807, 2.05) is 12.1 Å². The number of aromatic nitrogens is 2. The molecule has 9 nitrogen and oxygen atoms in total. The van der Waals surface area contributed by atoms with E-state index < -0.39 is 6.09 Å². The largest absolute Gasteiger partial charge is 0.450 e. The predicted octanol–water partition coefficient (Wildman–Crippen LogP) is 2.22. The number of ether oxygens (including phenoxy) is 1. The van der Waals surface area contributed by atoms with Crippen LogP contribution in [0.25, 0.3) is 11.3 Å². The summed E-state index contributed by atoms with van der Waals surface area (Å²) in [7, 11) is 0. The summed E-state index contributed by atoms with van der Waals surface area (Å²) in [5, 5.41) is 9.83. The standard InChI is InChI=1S/C23H25N5O4/c1-2-32-23(31)26-19-8-3-5-16(13-19)15-28-21(29)10-9-20(27-28)17-6-4-7-18(14-17)22(30)25-12-11-24/h3-10,13-14H,2,11-12,15,24H2,1H3,(H,25,30)(H,26,31). The van der Waals surface area contributed by atoms with Crippen molar-refractivity contribution < 1.29 is 14.3 Å². The monoisotopic (exact) mass is 435 g/mol. The number of rotatable bonds is 8. The van der Waals surface area contributed by atoms with Gasteiger partial charge in [-0.3, -0.25) is 14.9 Å². The van der Waals surface area contributed by atoms with Gasteiger partial charge in [0.1, 0.15) is 0 Å². The molecule has 0 saturated heterocycles. The van der Waals surface area contributed by atoms with Gasteiger partial charge in [-0.2, -0.15) is 5.10 Å². The van der Waals surface area contributed by atoms with Crippen LogP contribution < -0.4 is 21.9 Å². The van der Waals surface area contributed by atoms with Crippen LogP contribution in [-0.4, -0.2) is 41.5 Å². The Morgan fingerprint density at radius 2 is 1.91 bits per heavy atom. The molecule has 0 spiro atoms. The molecule has 0 saturated carbocycles. The smallest absolute Gasteiger partial charge is 0.411 e. The zero-order valence-corrected chi connectivity index (χ0v) is 17.7. The number of carbonyl (C=O) groups excluding carboxylic acids is 2. The van der Waals surface area contributed by atoms with Crippen molar-refractivity contribution in [3.8, 4) is 11.3 Å². The molecular weight excluding hydrogens is 410 g/mol. The van der Waals surface area contributed by atoms with Gasteiger partial charge in [-0.1, -0.05) is 24.3 Å². The molecule has 3 aromatic rings. The zero-order valence-electron chi connectivity index (χ0n) is 17.7. The van der Waals surface area contributed by atoms with E-state index in [0.29, 0.717) is 35.6 Å². The third-order valence-corrected chi connectivity index (χ3v) is 4.50. The van der Waals surface area contributed by atoms with Crippen LogP contribution in [0.2, 0.25) is 0 Å². The molecule has 0 aliphatic heterocycles. The summed E-state index contributed by atoms with van der Waals surface area (Å²) >= 11 is 0. The summed E-state index contributed by atoms with van der Waals surface area (Å²) in [5.74, 6) is -0.225. The van der Waals surface area contributed by atoms with E-state index in [-0.39, 0.29) is 24.6 Å². The molecule has 0 unspecified atom stereocenters. The Kier molecular flexibility index (Phi) is 7.71. The molecule has 9 heteroatoms. The van der Waals surface area contributed by atoms with E-state index >= 15 is 0 Å². The number of carbonyl (C=O) groups is 2. The van der Waals surface area contributed by atoms with Crippen molar-refractivity contribution in [2.45, 2.75) is 13.5 Å². The molecule has 0 aliphatic rings. The Hall–Kier alpha value is -3.98. The van der Waals surface area contributed by atoms with Gasteiger partial charge in [0.2, 0.25) is 0 Å². The first-order chi connectivity index (χ1) is 15.5. The first kappa shape index (κ1) is 22.7. The maximum absolute atomic E-state index is 12.4. The first-order valence-corrected chi connectivity index (χ1v) is 10.2. The SMILES string of the molecule is CCOC(=O)Nc1cccc(Cn2nc(-c3cccc(C(=O)NCCN)c3)ccc2=O)c1. The predicted molar refractivity (Wildman–Crippen MR) is 122 cm³/mol. The molecule has 2 amide bonds. The Morgan fingerprint density at radius 1 is 1.09 bits per heavy atom. The van der Waals surface area contributed by atoms with Crippen LogP contribution in [0.4, 0.5) is 10.5 Å². The van der Waals surface area contributed by atoms with E-state index in [1.54, 1.807) is 49.4 Å². The molecule has 0 fully saturated rings. The topological polar surface area (TPSA) is 128 Å². The molecule has 166 valence electrons. The number of nitrogens with one attached hydrogen (secondary N) is 2. The van der Waals surface area contributed by atoms with Gasteiger partial charge in [-0.05, 0) is 42.8 Å². The summed E-state index contributed by atoms with van der Waals surface area (Å²) in [6.07, 6.45) is -0.544. The second-order valence-corrected chi connectivity index (χ2v) is 6.89. The quantitative estimate of drug-likeness (QED) is 0.498. The van der Waals surface area contributed by atoms with E-state index in [1.165, 1.54) is 10.7 Å². The Bertz CT molecular complexity index is 1160. The maximum atomic E-state index is 12.4. The summed E-state index contributed by atoms with van der Waals surface area (Å²) in [5.41, 5.74) is 8.24. The molecule has 0 aliphatic carbocycles. The summed E-state index contributed by atoms with van der Waals surface area (Å²) in [6, 6.07) is 17.1. The summed E-state index contributed by atoms with van der Waals surface area (Å²) in [6.45, 7) is 2.95. The van der Waals surface area contributed by atoms with Gasteiger partial charge in [-0.25, -0.2) is 9.48 Å². The molecule has 32 heavy (non-hydrogen) atoms. The maximum Gasteiger partial charge on any atom is 0.411 e. The second kappa shape index (κ2) is 10.9. The minimum absolute atomic E-state index is 0.210. The number of anilines is 1. The number of benzene rings is 2. The summed E-state index contributed by atoms with van der Waals surface area (Å²) in [4.78, 5) is 36.2. The highest BCUT2D eigenvalue weighted by Crippen LogP contribution is 2.18. The van der Waals surface area contributed by atoms with Crippen LogP contribution in [0.1, 0.15) is 22.8 Å². The Labute approximate surface area is 185 Å². The van der Waals surface area contributed by atoms with Crippen molar-refractivity contribution in [1.82, 2.24) is 15.1 Å². The van der Waals surface area contributed by atoms with Crippen molar-refractivity contribution in [2.24, 2.45) is 5.73 Å². The lowest BCUT2D eigenvalue weighted by atomic mass is 10.1. The minimum atomic E-state index is -0.544. The van der Waals surface area contributed by atoms with E-state index in [2.05, 4.69) is 15.7 Å². The number of hydrogen-bond acceptors (Lipinski definition) is 6. The van der Waals surface area contributed by atoms with Gasteiger partial charge in [0.05, 0.1) is 18.8 Å². The Morgan fingerprint density at radius 3 is 2.69 bits per heavy atom. The second-order valence-electron chi connectivity index (χ2n) is 6.89. The van der Waals surface area contributed by atoms with E-state index in [4.69, 9.17) is 10.5 Å². The Balaban J connectivity index is 1.82. The van der Waals surface area contributed by atoms with Crippen LogP contribution in [0.5, 0.6) is 0 Å². The van der Waals surface area contributed by atoms with E-state index in [0.717, 1.165) is 5.56 Å². The fourth-order valence-corrected chi connectivity index (χ4v) is 3.03. The molecule has 0 radical (unpaired) electrons. The fraction of sp³-hybridized carbons (Fsp3) is 0.217. The van der Waals surface area contributed by atoms with Crippen molar-refractivity contribution in [2.75, 3.05) is 25.0 Å². The molecule has 1 aromatic heterocycles. The van der Waals surface area contributed by atoms with Gasteiger partial charge >= 0.3 is 6.09 Å². The lowest BCUT2D eigenvalue weighted by Gasteiger charge is -2.10. The third-order valence-electron chi connectivity index (χ3n) is 4.50. The van der Waals surface area contributed by atoms with Crippen LogP contribution >= 0.6 is 0 Å². The van der Waals surface area contributed by atoms with Gasteiger partial charge < -0.3 is 15.8 Å². The zero-order chi connectivity index (χ0) is 22.9. The van der Waals surface area contributed by atoms with Crippen molar-refractivity contribution in [3.05, 3.63) is 82.1 Å². The number of amides is 2. The van der Waals surface area contributed by atoms with Gasteiger partial charge in [0.25, 0.3) is 11.5 Å². The molecule has 3 rings (SSSR count). The number of nitrogens with two attached hydrogens (primary N) is 1. The first-order valence-electron chi connectivity index (χ1n) is 10.2. The highest BCUT2D eigenvalue weighted by molar-refractivity contribution is 5.95. The summed E-state index contributed by atoms with van der Waals surface area (Å²) < 4.78 is 6.22. The highest BCUT2D eigenvalue weighted by atomic mass is 16.5. The number of hydrogen-bond donors (Lipinski definition) is 3. The molecule has 1 heterocycles. The van der Waals surface area contributed by atoms with Gasteiger partial charge in [0, 0.05) is 36.0 Å². The lowest BCUT2D eigenvalue weighted by Crippen LogP contribution is -2.29. The number of nitrogens with zero attached hydrogens (tertiary/aromatic N) is 2. The fourth-order valence-electron chi connectivity index (χ4n) is 3.03. The van der Waals surface area contributed by atoms with Crippen LogP contribution in [-0.2, 0) is 11.3 Å². The molecule has 2 aromatic carbocycles. The molecule has 4 N–H and O–H groups in total. The lowest BCUT2D eigenvalue weighted by molar-refractivity contribution is 0.0954. The van der Waals surface area contributed by atoms with Crippen molar-refractivity contribution in [3.63, 3.8) is 0 Å².